The third-order valence-electron chi connectivity index (χ3n) is 4.86. The van der Waals surface area contributed by atoms with Crippen molar-refractivity contribution in [1.29, 1.82) is 0 Å². The van der Waals surface area contributed by atoms with Gasteiger partial charge in [0.25, 0.3) is 0 Å². The van der Waals surface area contributed by atoms with Crippen LogP contribution in [0.4, 0.5) is 5.69 Å². The van der Waals surface area contributed by atoms with Crippen LogP contribution in [0, 0.1) is 0 Å². The number of ether oxygens (including phenoxy) is 2. The average Bonchev–Trinajstić information content (AvgIpc) is 2.68. The highest BCUT2D eigenvalue weighted by atomic mass is 32.2. The molecule has 26 heavy (non-hydrogen) atoms. The normalized spacial score (nSPS) is 19.3. The molecule has 1 N–H and O–H groups in total. The van der Waals surface area contributed by atoms with Crippen LogP contribution in [0.5, 0.6) is 11.5 Å². The molecule has 4 rings (SSSR count). The van der Waals surface area contributed by atoms with E-state index < -0.39 is 0 Å². The molecular formula is C21H23NO3S. The number of nitrogens with one attached hydrogen (secondary N) is 1. The fourth-order valence-corrected chi connectivity index (χ4v) is 4.88. The molecule has 2 atom stereocenters. The van der Waals surface area contributed by atoms with E-state index >= 15 is 0 Å². The van der Waals surface area contributed by atoms with Gasteiger partial charge < -0.3 is 14.8 Å². The lowest BCUT2D eigenvalue weighted by atomic mass is 9.91. The van der Waals surface area contributed by atoms with Gasteiger partial charge in [0, 0.05) is 17.0 Å². The topological polar surface area (TPSA) is 47.6 Å². The van der Waals surface area contributed by atoms with Gasteiger partial charge in [-0.2, -0.15) is 0 Å². The monoisotopic (exact) mass is 369 g/mol. The molecule has 2 unspecified atom stereocenters. The summed E-state index contributed by atoms with van der Waals surface area (Å²) in [6, 6.07) is 14.2. The van der Waals surface area contributed by atoms with E-state index in [4.69, 9.17) is 9.47 Å². The molecule has 0 fully saturated rings. The van der Waals surface area contributed by atoms with Gasteiger partial charge in [-0.05, 0) is 49.4 Å². The van der Waals surface area contributed by atoms with Crippen molar-refractivity contribution in [2.24, 2.45) is 0 Å². The van der Waals surface area contributed by atoms with Crippen LogP contribution >= 0.6 is 11.8 Å². The number of carbonyl (C=O) groups is 1. The Kier molecular flexibility index (Phi) is 5.07. The van der Waals surface area contributed by atoms with Gasteiger partial charge in [-0.1, -0.05) is 24.3 Å². The van der Waals surface area contributed by atoms with E-state index in [0.717, 1.165) is 24.3 Å². The largest absolute Gasteiger partial charge is 0.486 e. The first-order chi connectivity index (χ1) is 12.7. The first-order valence-electron chi connectivity index (χ1n) is 9.14. The fourth-order valence-electron chi connectivity index (χ4n) is 3.52. The minimum atomic E-state index is -0.126. The van der Waals surface area contributed by atoms with Gasteiger partial charge in [-0.15, -0.1) is 11.8 Å². The Hall–Kier alpha value is -2.14. The third kappa shape index (κ3) is 3.68. The number of carbonyl (C=O) groups excluding carboxylic acids is 1. The van der Waals surface area contributed by atoms with Gasteiger partial charge in [0.2, 0.25) is 5.91 Å². The Labute approximate surface area is 158 Å². The highest BCUT2D eigenvalue weighted by Crippen LogP contribution is 2.42. The molecule has 0 saturated heterocycles. The molecule has 2 aromatic carbocycles. The van der Waals surface area contributed by atoms with Crippen molar-refractivity contribution in [2.45, 2.75) is 36.7 Å². The van der Waals surface area contributed by atoms with Gasteiger partial charge in [0.15, 0.2) is 11.5 Å². The van der Waals surface area contributed by atoms with E-state index in [-0.39, 0.29) is 11.2 Å². The van der Waals surface area contributed by atoms with Crippen LogP contribution in [-0.2, 0) is 11.2 Å². The summed E-state index contributed by atoms with van der Waals surface area (Å²) in [5, 5.41) is 3.27. The first-order valence-corrected chi connectivity index (χ1v) is 10.1. The highest BCUT2D eigenvalue weighted by molar-refractivity contribution is 8.00. The predicted octanol–water partition coefficient (Wildman–Crippen LogP) is 4.60. The van der Waals surface area contributed by atoms with Crippen molar-refractivity contribution in [3.05, 3.63) is 53.6 Å². The Morgan fingerprint density at radius 3 is 2.85 bits per heavy atom. The molecule has 1 aliphatic carbocycles. The molecule has 4 nitrogen and oxygen atoms in total. The van der Waals surface area contributed by atoms with Crippen molar-refractivity contribution in [3.63, 3.8) is 0 Å². The molecule has 2 aliphatic rings. The highest BCUT2D eigenvalue weighted by Gasteiger charge is 2.25. The molecule has 0 spiro atoms. The summed E-state index contributed by atoms with van der Waals surface area (Å²) >= 11 is 1.75. The standard InChI is InChI=1S/C21H23NO3S/c1-14(26-20-8-4-6-15-5-2-3-7-17(15)20)21(23)22-16-9-10-18-19(13-16)25-12-11-24-18/h2-3,5,7,9-10,13-14,20H,4,6,8,11-12H2,1H3,(H,22,23). The summed E-state index contributed by atoms with van der Waals surface area (Å²) in [4.78, 5) is 12.7. The van der Waals surface area contributed by atoms with Gasteiger partial charge in [-0.25, -0.2) is 0 Å². The Morgan fingerprint density at radius 1 is 1.15 bits per heavy atom. The maximum Gasteiger partial charge on any atom is 0.237 e. The molecule has 0 bridgehead atoms. The molecule has 0 aromatic heterocycles. The first kappa shape index (κ1) is 17.3. The molecule has 5 heteroatoms. The zero-order chi connectivity index (χ0) is 17.9. The second-order valence-corrected chi connectivity index (χ2v) is 8.25. The molecule has 0 radical (unpaired) electrons. The fraction of sp³-hybridized carbons (Fsp3) is 0.381. The molecule has 2 aromatic rings. The number of aryl methyl sites for hydroxylation is 1. The molecule has 1 aliphatic heterocycles. The Balaban J connectivity index is 1.41. The summed E-state index contributed by atoms with van der Waals surface area (Å²) in [5.74, 6) is 1.45. The summed E-state index contributed by atoms with van der Waals surface area (Å²) in [6.45, 7) is 3.09. The maximum absolute atomic E-state index is 12.7. The summed E-state index contributed by atoms with van der Waals surface area (Å²) in [7, 11) is 0. The SMILES string of the molecule is CC(SC1CCCc2ccccc21)C(=O)Nc1ccc2c(c1)OCCO2. The maximum atomic E-state index is 12.7. The van der Waals surface area contributed by atoms with Crippen molar-refractivity contribution in [3.8, 4) is 11.5 Å². The van der Waals surface area contributed by atoms with E-state index in [9.17, 15) is 4.79 Å². The minimum Gasteiger partial charge on any atom is -0.486 e. The molecule has 1 heterocycles. The van der Waals surface area contributed by atoms with Crippen LogP contribution in [0.2, 0.25) is 0 Å². The van der Waals surface area contributed by atoms with E-state index in [1.165, 1.54) is 17.5 Å². The number of amides is 1. The molecule has 0 saturated carbocycles. The summed E-state index contributed by atoms with van der Waals surface area (Å²) < 4.78 is 11.1. The molecule has 1 amide bonds. The Morgan fingerprint density at radius 2 is 1.96 bits per heavy atom. The lowest BCUT2D eigenvalue weighted by Crippen LogP contribution is -2.24. The van der Waals surface area contributed by atoms with Crippen molar-refractivity contribution in [1.82, 2.24) is 0 Å². The summed E-state index contributed by atoms with van der Waals surface area (Å²) in [6.07, 6.45) is 3.46. The number of benzene rings is 2. The van der Waals surface area contributed by atoms with E-state index in [0.29, 0.717) is 24.2 Å². The smallest absolute Gasteiger partial charge is 0.237 e. The van der Waals surface area contributed by atoms with Crippen LogP contribution in [0.15, 0.2) is 42.5 Å². The van der Waals surface area contributed by atoms with Gasteiger partial charge in [0.05, 0.1) is 5.25 Å². The number of hydrogen-bond donors (Lipinski definition) is 1. The van der Waals surface area contributed by atoms with E-state index in [2.05, 4.69) is 29.6 Å². The molecular weight excluding hydrogens is 346 g/mol. The second-order valence-electron chi connectivity index (χ2n) is 6.71. The number of hydrogen-bond acceptors (Lipinski definition) is 4. The lowest BCUT2D eigenvalue weighted by Gasteiger charge is -2.27. The van der Waals surface area contributed by atoms with Crippen LogP contribution in [0.1, 0.15) is 36.1 Å². The summed E-state index contributed by atoms with van der Waals surface area (Å²) in [5.41, 5.74) is 3.56. The van der Waals surface area contributed by atoms with Crippen molar-refractivity contribution < 1.29 is 14.3 Å². The van der Waals surface area contributed by atoms with Gasteiger partial charge in [0.1, 0.15) is 13.2 Å². The predicted molar refractivity (Wildman–Crippen MR) is 105 cm³/mol. The van der Waals surface area contributed by atoms with E-state index in [1.54, 1.807) is 11.8 Å². The van der Waals surface area contributed by atoms with Gasteiger partial charge >= 0.3 is 0 Å². The average molecular weight is 369 g/mol. The number of anilines is 1. The van der Waals surface area contributed by atoms with Crippen LogP contribution in [0.25, 0.3) is 0 Å². The lowest BCUT2D eigenvalue weighted by molar-refractivity contribution is -0.115. The molecule has 136 valence electrons. The third-order valence-corrected chi connectivity index (χ3v) is 6.30. The second kappa shape index (κ2) is 7.62. The van der Waals surface area contributed by atoms with Crippen molar-refractivity contribution in [2.75, 3.05) is 18.5 Å². The number of thioether (sulfide) groups is 1. The Bertz CT molecular complexity index is 808. The quantitative estimate of drug-likeness (QED) is 0.856. The number of fused-ring (bicyclic) bond motifs is 2. The zero-order valence-corrected chi connectivity index (χ0v) is 15.7. The van der Waals surface area contributed by atoms with Crippen LogP contribution in [0.3, 0.4) is 0 Å². The van der Waals surface area contributed by atoms with E-state index in [1.807, 2.05) is 25.1 Å². The number of rotatable bonds is 4. The zero-order valence-electron chi connectivity index (χ0n) is 14.9. The van der Waals surface area contributed by atoms with Crippen LogP contribution < -0.4 is 14.8 Å². The van der Waals surface area contributed by atoms with Gasteiger partial charge in [-0.3, -0.25) is 4.79 Å². The van der Waals surface area contributed by atoms with Crippen molar-refractivity contribution >= 4 is 23.4 Å². The van der Waals surface area contributed by atoms with Crippen LogP contribution in [-0.4, -0.2) is 24.4 Å². The minimum absolute atomic E-state index is 0.0229.